The van der Waals surface area contributed by atoms with Crippen LogP contribution in [0, 0.1) is 11.6 Å². The molecule has 0 spiro atoms. The van der Waals surface area contributed by atoms with E-state index in [0.29, 0.717) is 16.8 Å². The Bertz CT molecular complexity index is 985. The molecule has 9 heteroatoms. The lowest BCUT2D eigenvalue weighted by atomic mass is 10.3. The minimum absolute atomic E-state index is 0.0237. The van der Waals surface area contributed by atoms with Crippen molar-refractivity contribution in [2.24, 2.45) is 0 Å². The second-order valence-corrected chi connectivity index (χ2v) is 5.86. The van der Waals surface area contributed by atoms with Gasteiger partial charge in [0.15, 0.2) is 0 Å². The average Bonchev–Trinajstić information content (AvgIpc) is 2.61. The molecule has 0 aliphatic heterocycles. The number of anilines is 3. The van der Waals surface area contributed by atoms with Gasteiger partial charge < -0.3 is 10.6 Å². The summed E-state index contributed by atoms with van der Waals surface area (Å²) in [5.74, 6) is -2.22. The first kappa shape index (κ1) is 18.0. The molecule has 1 heterocycles. The summed E-state index contributed by atoms with van der Waals surface area (Å²) in [5.41, 5.74) is 0.271. The molecule has 0 unspecified atom stereocenters. The number of carbonyl (C=O) groups excluding carboxylic acids is 1. The quantitative estimate of drug-likeness (QED) is 0.648. The number of benzene rings is 2. The molecule has 5 nitrogen and oxygen atoms in total. The van der Waals surface area contributed by atoms with Gasteiger partial charge in [-0.05, 0) is 30.3 Å². The van der Waals surface area contributed by atoms with Crippen molar-refractivity contribution < 1.29 is 13.6 Å². The Morgan fingerprint density at radius 2 is 1.85 bits per heavy atom. The lowest BCUT2D eigenvalue weighted by Gasteiger charge is -2.09. The van der Waals surface area contributed by atoms with E-state index in [1.807, 2.05) is 0 Å². The zero-order valence-electron chi connectivity index (χ0n) is 12.9. The summed E-state index contributed by atoms with van der Waals surface area (Å²) in [4.78, 5) is 20.3. The van der Waals surface area contributed by atoms with Crippen LogP contribution in [0.1, 0.15) is 10.5 Å². The van der Waals surface area contributed by atoms with Crippen LogP contribution in [0.5, 0.6) is 0 Å². The second-order valence-electron chi connectivity index (χ2n) is 5.07. The molecule has 0 radical (unpaired) electrons. The SMILES string of the molecule is O=C(Nc1ccc(F)cc1F)c1ccnc(Nc2cccc(Cl)c2Cl)n1. The van der Waals surface area contributed by atoms with Gasteiger partial charge in [0.25, 0.3) is 5.91 Å². The van der Waals surface area contributed by atoms with Crippen molar-refractivity contribution in [3.63, 3.8) is 0 Å². The summed E-state index contributed by atoms with van der Waals surface area (Å²) >= 11 is 12.0. The summed E-state index contributed by atoms with van der Waals surface area (Å²) in [6, 6.07) is 9.15. The van der Waals surface area contributed by atoms with E-state index in [-0.39, 0.29) is 22.4 Å². The smallest absolute Gasteiger partial charge is 0.274 e. The highest BCUT2D eigenvalue weighted by Crippen LogP contribution is 2.30. The van der Waals surface area contributed by atoms with Crippen LogP contribution in [0.2, 0.25) is 10.0 Å². The summed E-state index contributed by atoms with van der Waals surface area (Å²) in [7, 11) is 0. The molecule has 3 rings (SSSR count). The van der Waals surface area contributed by atoms with E-state index < -0.39 is 17.5 Å². The highest BCUT2D eigenvalue weighted by molar-refractivity contribution is 6.43. The first-order valence-corrected chi connectivity index (χ1v) is 8.00. The monoisotopic (exact) mass is 394 g/mol. The van der Waals surface area contributed by atoms with Crippen LogP contribution in [0.4, 0.5) is 26.1 Å². The van der Waals surface area contributed by atoms with Crippen molar-refractivity contribution in [2.75, 3.05) is 10.6 Å². The fourth-order valence-electron chi connectivity index (χ4n) is 2.04. The fraction of sp³-hybridized carbons (Fsp3) is 0. The first-order chi connectivity index (χ1) is 12.4. The minimum Gasteiger partial charge on any atom is -0.323 e. The molecular weight excluding hydrogens is 385 g/mol. The Morgan fingerprint density at radius 1 is 1.04 bits per heavy atom. The number of hydrogen-bond acceptors (Lipinski definition) is 4. The highest BCUT2D eigenvalue weighted by atomic mass is 35.5. The van der Waals surface area contributed by atoms with Gasteiger partial charge in [0.2, 0.25) is 5.95 Å². The maximum atomic E-state index is 13.6. The molecule has 0 aliphatic rings. The molecule has 0 aliphatic carbocycles. The summed E-state index contributed by atoms with van der Waals surface area (Å²) in [6.07, 6.45) is 1.35. The zero-order valence-corrected chi connectivity index (χ0v) is 14.4. The fourth-order valence-corrected chi connectivity index (χ4v) is 2.39. The van der Waals surface area contributed by atoms with Gasteiger partial charge in [-0.15, -0.1) is 0 Å². The Hall–Kier alpha value is -2.77. The maximum Gasteiger partial charge on any atom is 0.274 e. The van der Waals surface area contributed by atoms with Gasteiger partial charge in [0, 0.05) is 12.3 Å². The molecule has 132 valence electrons. The van der Waals surface area contributed by atoms with Gasteiger partial charge in [0.1, 0.15) is 17.3 Å². The van der Waals surface area contributed by atoms with E-state index in [2.05, 4.69) is 20.6 Å². The molecular formula is C17H10Cl2F2N4O. The molecule has 1 aromatic heterocycles. The van der Waals surface area contributed by atoms with Crippen molar-refractivity contribution in [3.8, 4) is 0 Å². The van der Waals surface area contributed by atoms with Crippen LogP contribution in [0.25, 0.3) is 0 Å². The molecule has 0 fully saturated rings. The van der Waals surface area contributed by atoms with Gasteiger partial charge in [0.05, 0.1) is 21.4 Å². The number of nitrogens with zero attached hydrogens (tertiary/aromatic N) is 2. The molecule has 0 saturated heterocycles. The molecule has 1 amide bonds. The Balaban J connectivity index is 1.80. The van der Waals surface area contributed by atoms with Crippen molar-refractivity contribution in [2.45, 2.75) is 0 Å². The standard InChI is InChI=1S/C17H10Cl2F2N4O/c18-10-2-1-3-13(15(10)19)24-17-22-7-6-14(25-17)16(26)23-12-5-4-9(20)8-11(12)21/h1-8H,(H,23,26)(H,22,24,25). The van der Waals surface area contributed by atoms with Crippen LogP contribution < -0.4 is 10.6 Å². The molecule has 26 heavy (non-hydrogen) atoms. The van der Waals surface area contributed by atoms with E-state index in [0.717, 1.165) is 12.1 Å². The van der Waals surface area contributed by atoms with E-state index in [1.54, 1.807) is 18.2 Å². The third-order valence-electron chi connectivity index (χ3n) is 3.27. The normalized spacial score (nSPS) is 10.5. The summed E-state index contributed by atoms with van der Waals surface area (Å²) in [5, 5.41) is 5.79. The van der Waals surface area contributed by atoms with Crippen molar-refractivity contribution in [1.29, 1.82) is 0 Å². The van der Waals surface area contributed by atoms with Crippen LogP contribution >= 0.6 is 23.2 Å². The van der Waals surface area contributed by atoms with Gasteiger partial charge in [-0.2, -0.15) is 0 Å². The summed E-state index contributed by atoms with van der Waals surface area (Å²) in [6.45, 7) is 0. The predicted octanol–water partition coefficient (Wildman–Crippen LogP) is 5.06. The van der Waals surface area contributed by atoms with Crippen LogP contribution in [0.3, 0.4) is 0 Å². The minimum atomic E-state index is -0.892. The van der Waals surface area contributed by atoms with Crippen LogP contribution in [-0.4, -0.2) is 15.9 Å². The molecule has 3 aromatic rings. The van der Waals surface area contributed by atoms with Crippen molar-refractivity contribution in [1.82, 2.24) is 9.97 Å². The van der Waals surface area contributed by atoms with E-state index >= 15 is 0 Å². The Kier molecular flexibility index (Phi) is 5.29. The number of nitrogens with one attached hydrogen (secondary N) is 2. The molecule has 0 saturated carbocycles. The lowest BCUT2D eigenvalue weighted by molar-refractivity contribution is 0.102. The third kappa shape index (κ3) is 4.07. The van der Waals surface area contributed by atoms with Gasteiger partial charge in [-0.25, -0.2) is 18.7 Å². The number of aromatic nitrogens is 2. The van der Waals surface area contributed by atoms with Crippen molar-refractivity contribution >= 4 is 46.4 Å². The first-order valence-electron chi connectivity index (χ1n) is 7.24. The van der Waals surface area contributed by atoms with Gasteiger partial charge >= 0.3 is 0 Å². The van der Waals surface area contributed by atoms with Crippen LogP contribution in [0.15, 0.2) is 48.7 Å². The van der Waals surface area contributed by atoms with E-state index in [9.17, 15) is 13.6 Å². The van der Waals surface area contributed by atoms with Crippen molar-refractivity contribution in [3.05, 3.63) is 76.0 Å². The number of carbonyl (C=O) groups is 1. The largest absolute Gasteiger partial charge is 0.323 e. The highest BCUT2D eigenvalue weighted by Gasteiger charge is 2.13. The average molecular weight is 395 g/mol. The molecule has 0 bridgehead atoms. The summed E-state index contributed by atoms with van der Waals surface area (Å²) < 4.78 is 26.6. The maximum absolute atomic E-state index is 13.6. The predicted molar refractivity (Wildman–Crippen MR) is 96.1 cm³/mol. The Morgan fingerprint density at radius 3 is 2.62 bits per heavy atom. The molecule has 2 aromatic carbocycles. The van der Waals surface area contributed by atoms with Gasteiger partial charge in [-0.3, -0.25) is 4.79 Å². The third-order valence-corrected chi connectivity index (χ3v) is 4.08. The topological polar surface area (TPSA) is 66.9 Å². The van der Waals surface area contributed by atoms with E-state index in [1.165, 1.54) is 12.3 Å². The Labute approximate surface area is 157 Å². The number of rotatable bonds is 4. The zero-order chi connectivity index (χ0) is 18.7. The number of halogens is 4. The molecule has 2 N–H and O–H groups in total. The number of hydrogen-bond donors (Lipinski definition) is 2. The molecule has 0 atom stereocenters. The van der Waals surface area contributed by atoms with E-state index in [4.69, 9.17) is 23.2 Å². The lowest BCUT2D eigenvalue weighted by Crippen LogP contribution is -2.15. The number of amides is 1. The van der Waals surface area contributed by atoms with Gasteiger partial charge in [-0.1, -0.05) is 29.3 Å². The van der Waals surface area contributed by atoms with Crippen LogP contribution in [-0.2, 0) is 0 Å². The second kappa shape index (κ2) is 7.63.